The highest BCUT2D eigenvalue weighted by atomic mass is 35.5. The van der Waals surface area contributed by atoms with Gasteiger partial charge in [0.15, 0.2) is 0 Å². The van der Waals surface area contributed by atoms with Crippen LogP contribution in [0.15, 0.2) is 42.5 Å². The Labute approximate surface area is 123 Å². The molecule has 3 nitrogen and oxygen atoms in total. The van der Waals surface area contributed by atoms with Crippen LogP contribution in [0, 0.1) is 0 Å². The van der Waals surface area contributed by atoms with Crippen LogP contribution in [-0.4, -0.2) is 19.3 Å². The van der Waals surface area contributed by atoms with Crippen LogP contribution in [0.3, 0.4) is 0 Å². The second-order valence-corrected chi connectivity index (χ2v) is 4.83. The molecule has 1 unspecified atom stereocenters. The van der Waals surface area contributed by atoms with Gasteiger partial charge in [-0.25, -0.2) is 0 Å². The standard InChI is InChI=1S/C16H17ClO3/c1-19-12-7-8-13(16(10-12)20-2)15(18)9-11-5-3-4-6-14(11)17/h3-8,10,15,18H,9H2,1-2H3. The zero-order valence-corrected chi connectivity index (χ0v) is 12.2. The molecule has 0 aliphatic rings. The number of methoxy groups -OCH3 is 2. The first-order valence-electron chi connectivity index (χ1n) is 6.29. The van der Waals surface area contributed by atoms with Gasteiger partial charge < -0.3 is 14.6 Å². The molecule has 0 spiro atoms. The van der Waals surface area contributed by atoms with Crippen molar-refractivity contribution >= 4 is 11.6 Å². The monoisotopic (exact) mass is 292 g/mol. The Kier molecular flexibility index (Phi) is 4.88. The number of benzene rings is 2. The number of aliphatic hydroxyl groups is 1. The Balaban J connectivity index is 2.25. The van der Waals surface area contributed by atoms with Crippen LogP contribution >= 0.6 is 11.6 Å². The van der Waals surface area contributed by atoms with Crippen molar-refractivity contribution in [1.29, 1.82) is 0 Å². The third-order valence-corrected chi connectivity index (χ3v) is 3.54. The van der Waals surface area contributed by atoms with Gasteiger partial charge >= 0.3 is 0 Å². The molecule has 0 aromatic heterocycles. The number of rotatable bonds is 5. The van der Waals surface area contributed by atoms with Crippen LogP contribution in [-0.2, 0) is 6.42 Å². The van der Waals surface area contributed by atoms with E-state index in [1.807, 2.05) is 24.3 Å². The molecule has 0 bridgehead atoms. The van der Waals surface area contributed by atoms with Crippen molar-refractivity contribution in [3.8, 4) is 11.5 Å². The molecule has 0 amide bonds. The summed E-state index contributed by atoms with van der Waals surface area (Å²) >= 11 is 6.11. The maximum absolute atomic E-state index is 10.4. The summed E-state index contributed by atoms with van der Waals surface area (Å²) in [5.41, 5.74) is 1.62. The molecular weight excluding hydrogens is 276 g/mol. The molecule has 0 saturated carbocycles. The summed E-state index contributed by atoms with van der Waals surface area (Å²) in [5.74, 6) is 1.29. The number of aliphatic hydroxyl groups excluding tert-OH is 1. The summed E-state index contributed by atoms with van der Waals surface area (Å²) in [6.07, 6.45) is -0.252. The molecule has 2 aromatic carbocycles. The average Bonchev–Trinajstić information content (AvgIpc) is 2.48. The minimum absolute atomic E-state index is 0.433. The van der Waals surface area contributed by atoms with E-state index in [0.717, 1.165) is 5.56 Å². The molecule has 20 heavy (non-hydrogen) atoms. The molecule has 1 atom stereocenters. The molecule has 0 aliphatic carbocycles. The Morgan fingerprint density at radius 2 is 1.85 bits per heavy atom. The summed E-state index contributed by atoms with van der Waals surface area (Å²) < 4.78 is 10.4. The first-order valence-corrected chi connectivity index (χ1v) is 6.67. The maximum Gasteiger partial charge on any atom is 0.128 e. The predicted octanol–water partition coefficient (Wildman–Crippen LogP) is 3.63. The summed E-state index contributed by atoms with van der Waals surface area (Å²) in [7, 11) is 3.16. The zero-order valence-electron chi connectivity index (χ0n) is 11.5. The molecule has 1 N–H and O–H groups in total. The van der Waals surface area contributed by atoms with E-state index in [-0.39, 0.29) is 0 Å². The smallest absolute Gasteiger partial charge is 0.128 e. The molecule has 4 heteroatoms. The van der Waals surface area contributed by atoms with Crippen LogP contribution in [0.4, 0.5) is 0 Å². The lowest BCUT2D eigenvalue weighted by atomic mass is 10.0. The van der Waals surface area contributed by atoms with Crippen LogP contribution < -0.4 is 9.47 Å². The predicted molar refractivity (Wildman–Crippen MR) is 79.7 cm³/mol. The molecule has 0 radical (unpaired) electrons. The minimum atomic E-state index is -0.684. The van der Waals surface area contributed by atoms with Gasteiger partial charge in [0.25, 0.3) is 0 Å². The summed E-state index contributed by atoms with van der Waals surface area (Å²) in [6.45, 7) is 0. The molecule has 0 aliphatic heterocycles. The molecule has 106 valence electrons. The fraction of sp³-hybridized carbons (Fsp3) is 0.250. The lowest BCUT2D eigenvalue weighted by Gasteiger charge is -2.16. The van der Waals surface area contributed by atoms with E-state index >= 15 is 0 Å². The van der Waals surface area contributed by atoms with Gasteiger partial charge in [0.2, 0.25) is 0 Å². The summed E-state index contributed by atoms with van der Waals surface area (Å²) in [5, 5.41) is 11.0. The third kappa shape index (κ3) is 3.24. The van der Waals surface area contributed by atoms with E-state index in [1.165, 1.54) is 0 Å². The number of hydrogen-bond donors (Lipinski definition) is 1. The average molecular weight is 293 g/mol. The van der Waals surface area contributed by atoms with Crippen molar-refractivity contribution in [3.05, 3.63) is 58.6 Å². The first kappa shape index (κ1) is 14.7. The van der Waals surface area contributed by atoms with Gasteiger partial charge in [-0.05, 0) is 23.8 Å². The van der Waals surface area contributed by atoms with Crippen molar-refractivity contribution in [2.24, 2.45) is 0 Å². The largest absolute Gasteiger partial charge is 0.497 e. The van der Waals surface area contributed by atoms with E-state index in [4.69, 9.17) is 21.1 Å². The van der Waals surface area contributed by atoms with Gasteiger partial charge in [0, 0.05) is 23.1 Å². The molecular formula is C16H17ClO3. The fourth-order valence-electron chi connectivity index (χ4n) is 2.08. The second kappa shape index (κ2) is 6.64. The quantitative estimate of drug-likeness (QED) is 0.914. The van der Waals surface area contributed by atoms with Crippen molar-refractivity contribution < 1.29 is 14.6 Å². The van der Waals surface area contributed by atoms with E-state index in [2.05, 4.69) is 0 Å². The Bertz CT molecular complexity index is 584. The van der Waals surface area contributed by atoms with Gasteiger partial charge in [0.05, 0.1) is 20.3 Å². The van der Waals surface area contributed by atoms with Crippen LogP contribution in [0.2, 0.25) is 5.02 Å². The fourth-order valence-corrected chi connectivity index (χ4v) is 2.29. The SMILES string of the molecule is COc1ccc(C(O)Cc2ccccc2Cl)c(OC)c1. The van der Waals surface area contributed by atoms with Gasteiger partial charge in [0.1, 0.15) is 11.5 Å². The lowest BCUT2D eigenvalue weighted by Crippen LogP contribution is -2.05. The normalized spacial score (nSPS) is 12.0. The van der Waals surface area contributed by atoms with Gasteiger partial charge in [-0.2, -0.15) is 0 Å². The van der Waals surface area contributed by atoms with Crippen LogP contribution in [0.25, 0.3) is 0 Å². The Morgan fingerprint density at radius 3 is 2.50 bits per heavy atom. The van der Waals surface area contributed by atoms with E-state index in [1.54, 1.807) is 32.4 Å². The van der Waals surface area contributed by atoms with Crippen LogP contribution in [0.1, 0.15) is 17.2 Å². The highest BCUT2D eigenvalue weighted by Gasteiger charge is 2.16. The number of ether oxygens (including phenoxy) is 2. The minimum Gasteiger partial charge on any atom is -0.497 e. The molecule has 2 aromatic rings. The molecule has 2 rings (SSSR count). The van der Waals surface area contributed by atoms with Crippen molar-refractivity contribution in [1.82, 2.24) is 0 Å². The summed E-state index contributed by atoms with van der Waals surface area (Å²) in [6, 6.07) is 12.8. The Hall–Kier alpha value is -1.71. The van der Waals surface area contributed by atoms with Gasteiger partial charge in [-0.3, -0.25) is 0 Å². The zero-order chi connectivity index (χ0) is 14.5. The highest BCUT2D eigenvalue weighted by molar-refractivity contribution is 6.31. The van der Waals surface area contributed by atoms with Crippen LogP contribution in [0.5, 0.6) is 11.5 Å². The summed E-state index contributed by atoms with van der Waals surface area (Å²) in [4.78, 5) is 0. The second-order valence-electron chi connectivity index (χ2n) is 4.42. The number of halogens is 1. The van der Waals surface area contributed by atoms with Crippen molar-refractivity contribution in [2.75, 3.05) is 14.2 Å². The van der Waals surface area contributed by atoms with E-state index in [0.29, 0.717) is 28.5 Å². The van der Waals surface area contributed by atoms with E-state index < -0.39 is 6.10 Å². The topological polar surface area (TPSA) is 38.7 Å². The first-order chi connectivity index (χ1) is 9.65. The molecule has 0 heterocycles. The van der Waals surface area contributed by atoms with Crippen molar-refractivity contribution in [3.63, 3.8) is 0 Å². The van der Waals surface area contributed by atoms with Crippen molar-refractivity contribution in [2.45, 2.75) is 12.5 Å². The maximum atomic E-state index is 10.4. The lowest BCUT2D eigenvalue weighted by molar-refractivity contribution is 0.174. The third-order valence-electron chi connectivity index (χ3n) is 3.17. The molecule has 0 fully saturated rings. The highest BCUT2D eigenvalue weighted by Crippen LogP contribution is 2.32. The Morgan fingerprint density at radius 1 is 1.10 bits per heavy atom. The number of hydrogen-bond acceptors (Lipinski definition) is 3. The van der Waals surface area contributed by atoms with E-state index in [9.17, 15) is 5.11 Å². The van der Waals surface area contributed by atoms with Gasteiger partial charge in [-0.15, -0.1) is 0 Å². The molecule has 0 saturated heterocycles. The van der Waals surface area contributed by atoms with Gasteiger partial charge in [-0.1, -0.05) is 29.8 Å².